The van der Waals surface area contributed by atoms with E-state index < -0.39 is 6.04 Å². The first kappa shape index (κ1) is 22.9. The number of nitrogens with zero attached hydrogens (tertiary/aromatic N) is 1. The Kier molecular flexibility index (Phi) is 7.73. The number of carbonyl (C=O) groups excluding carboxylic acids is 3. The number of hydrogen-bond acceptors (Lipinski definition) is 6. The van der Waals surface area contributed by atoms with Gasteiger partial charge in [-0.3, -0.25) is 14.4 Å². The Morgan fingerprint density at radius 3 is 2.55 bits per heavy atom. The predicted molar refractivity (Wildman–Crippen MR) is 113 cm³/mol. The summed E-state index contributed by atoms with van der Waals surface area (Å²) in [5.41, 5.74) is 0.401. The van der Waals surface area contributed by atoms with Gasteiger partial charge in [-0.1, -0.05) is 13.8 Å². The molecule has 1 aromatic rings. The largest absolute Gasteiger partial charge is 0.454 e. The van der Waals surface area contributed by atoms with Crippen molar-refractivity contribution < 1.29 is 28.6 Å². The second-order valence-electron chi connectivity index (χ2n) is 8.31. The quantitative estimate of drug-likeness (QED) is 0.638. The fourth-order valence-corrected chi connectivity index (χ4v) is 3.77. The van der Waals surface area contributed by atoms with Crippen LogP contribution in [0.5, 0.6) is 11.5 Å². The van der Waals surface area contributed by atoms with Crippen LogP contribution in [-0.4, -0.2) is 68.8 Å². The third kappa shape index (κ3) is 5.88. The standard InChI is InChI=1S/C22H31N3O6/c1-14(2)11-23-22(28)20(15-6-8-25(9-7-15)19(26)12-29-3)24-21(27)16-4-5-17-18(10-16)31-13-30-17/h4-5,10,14-15,20H,6-9,11-13H2,1-3H3,(H,23,28)(H,24,27). The number of carbonyl (C=O) groups is 3. The van der Waals surface area contributed by atoms with Crippen molar-refractivity contribution in [2.24, 2.45) is 11.8 Å². The van der Waals surface area contributed by atoms with Crippen LogP contribution in [0.4, 0.5) is 0 Å². The van der Waals surface area contributed by atoms with Crippen molar-refractivity contribution in [3.63, 3.8) is 0 Å². The van der Waals surface area contributed by atoms with E-state index >= 15 is 0 Å². The van der Waals surface area contributed by atoms with E-state index in [0.29, 0.717) is 55.5 Å². The highest BCUT2D eigenvalue weighted by Gasteiger charge is 2.34. The van der Waals surface area contributed by atoms with Gasteiger partial charge in [0.2, 0.25) is 18.6 Å². The van der Waals surface area contributed by atoms with Crippen LogP contribution in [0.3, 0.4) is 0 Å². The Balaban J connectivity index is 1.68. The van der Waals surface area contributed by atoms with Crippen LogP contribution in [-0.2, 0) is 14.3 Å². The van der Waals surface area contributed by atoms with Crippen LogP contribution >= 0.6 is 0 Å². The summed E-state index contributed by atoms with van der Waals surface area (Å²) in [6.07, 6.45) is 1.24. The molecule has 31 heavy (non-hydrogen) atoms. The summed E-state index contributed by atoms with van der Waals surface area (Å²) in [6, 6.07) is 4.27. The molecular weight excluding hydrogens is 402 g/mol. The SMILES string of the molecule is COCC(=O)N1CCC(C(NC(=O)c2ccc3c(c2)OCO3)C(=O)NCC(C)C)CC1. The van der Waals surface area contributed by atoms with E-state index in [0.717, 1.165) is 0 Å². The van der Waals surface area contributed by atoms with Crippen molar-refractivity contribution in [3.05, 3.63) is 23.8 Å². The lowest BCUT2D eigenvalue weighted by Gasteiger charge is -2.35. The minimum Gasteiger partial charge on any atom is -0.454 e. The van der Waals surface area contributed by atoms with Crippen molar-refractivity contribution in [2.75, 3.05) is 40.1 Å². The summed E-state index contributed by atoms with van der Waals surface area (Å²) in [7, 11) is 1.49. The fraction of sp³-hybridized carbons (Fsp3) is 0.591. The molecule has 9 heteroatoms. The topological polar surface area (TPSA) is 106 Å². The Morgan fingerprint density at radius 2 is 1.87 bits per heavy atom. The maximum Gasteiger partial charge on any atom is 0.252 e. The van der Waals surface area contributed by atoms with Gasteiger partial charge in [0.15, 0.2) is 11.5 Å². The zero-order chi connectivity index (χ0) is 22.4. The van der Waals surface area contributed by atoms with E-state index in [1.54, 1.807) is 23.1 Å². The zero-order valence-corrected chi connectivity index (χ0v) is 18.3. The van der Waals surface area contributed by atoms with Crippen LogP contribution in [0.2, 0.25) is 0 Å². The third-order valence-corrected chi connectivity index (χ3v) is 5.52. The summed E-state index contributed by atoms with van der Waals surface area (Å²) >= 11 is 0. The van der Waals surface area contributed by atoms with Crippen LogP contribution in [0.1, 0.15) is 37.0 Å². The number of fused-ring (bicyclic) bond motifs is 1. The average Bonchev–Trinajstić information content (AvgIpc) is 3.24. The minimum atomic E-state index is -0.684. The second-order valence-corrected chi connectivity index (χ2v) is 8.31. The molecule has 1 aromatic carbocycles. The van der Waals surface area contributed by atoms with Gasteiger partial charge in [0.1, 0.15) is 12.6 Å². The maximum atomic E-state index is 12.9. The first-order valence-corrected chi connectivity index (χ1v) is 10.6. The summed E-state index contributed by atoms with van der Waals surface area (Å²) in [5, 5.41) is 5.84. The van der Waals surface area contributed by atoms with Crippen molar-refractivity contribution in [3.8, 4) is 11.5 Å². The number of likely N-dealkylation sites (tertiary alicyclic amines) is 1. The third-order valence-electron chi connectivity index (χ3n) is 5.52. The molecule has 9 nitrogen and oxygen atoms in total. The van der Waals surface area contributed by atoms with E-state index in [1.807, 2.05) is 13.8 Å². The van der Waals surface area contributed by atoms with Gasteiger partial charge in [0.05, 0.1) is 0 Å². The number of methoxy groups -OCH3 is 1. The molecule has 0 bridgehead atoms. The molecule has 2 N–H and O–H groups in total. The Bertz CT molecular complexity index is 804. The number of nitrogens with one attached hydrogen (secondary N) is 2. The first-order valence-electron chi connectivity index (χ1n) is 10.6. The lowest BCUT2D eigenvalue weighted by Crippen LogP contribution is -2.54. The van der Waals surface area contributed by atoms with Gasteiger partial charge in [0.25, 0.3) is 5.91 Å². The molecule has 3 rings (SSSR count). The molecular formula is C22H31N3O6. The molecule has 1 saturated heterocycles. The van der Waals surface area contributed by atoms with Gasteiger partial charge in [-0.2, -0.15) is 0 Å². The Hall–Kier alpha value is -2.81. The van der Waals surface area contributed by atoms with Crippen molar-refractivity contribution >= 4 is 17.7 Å². The van der Waals surface area contributed by atoms with Crippen molar-refractivity contribution in [1.82, 2.24) is 15.5 Å². The van der Waals surface area contributed by atoms with Crippen LogP contribution in [0.15, 0.2) is 18.2 Å². The van der Waals surface area contributed by atoms with Gasteiger partial charge < -0.3 is 29.7 Å². The Labute approximate surface area is 182 Å². The molecule has 2 heterocycles. The monoisotopic (exact) mass is 433 g/mol. The molecule has 2 aliphatic rings. The maximum absolute atomic E-state index is 12.9. The normalized spacial score (nSPS) is 16.8. The number of amides is 3. The fourth-order valence-electron chi connectivity index (χ4n) is 3.77. The van der Waals surface area contributed by atoms with Crippen LogP contribution < -0.4 is 20.1 Å². The molecule has 0 saturated carbocycles. The van der Waals surface area contributed by atoms with E-state index in [-0.39, 0.29) is 37.0 Å². The summed E-state index contributed by atoms with van der Waals surface area (Å²) in [5.74, 6) is 0.713. The molecule has 2 aliphatic heterocycles. The number of piperidine rings is 1. The molecule has 1 atom stereocenters. The smallest absolute Gasteiger partial charge is 0.252 e. The van der Waals surface area contributed by atoms with Crippen molar-refractivity contribution in [1.29, 1.82) is 0 Å². The van der Waals surface area contributed by atoms with E-state index in [9.17, 15) is 14.4 Å². The number of rotatable bonds is 8. The molecule has 3 amide bonds. The summed E-state index contributed by atoms with van der Waals surface area (Å²) in [4.78, 5) is 39.7. The highest BCUT2D eigenvalue weighted by atomic mass is 16.7. The molecule has 1 fully saturated rings. The molecule has 1 unspecified atom stereocenters. The van der Waals surface area contributed by atoms with Gasteiger partial charge in [0, 0.05) is 32.3 Å². The highest BCUT2D eigenvalue weighted by molar-refractivity contribution is 5.98. The number of hydrogen-bond donors (Lipinski definition) is 2. The molecule has 0 aliphatic carbocycles. The molecule has 170 valence electrons. The summed E-state index contributed by atoms with van der Waals surface area (Å²) in [6.45, 7) is 5.79. The zero-order valence-electron chi connectivity index (χ0n) is 18.3. The van der Waals surface area contributed by atoms with Gasteiger partial charge in [-0.25, -0.2) is 0 Å². The van der Waals surface area contributed by atoms with Crippen LogP contribution in [0, 0.1) is 11.8 Å². The lowest BCUT2D eigenvalue weighted by atomic mass is 9.88. The summed E-state index contributed by atoms with van der Waals surface area (Å²) < 4.78 is 15.6. The van der Waals surface area contributed by atoms with E-state index in [2.05, 4.69) is 10.6 Å². The second kappa shape index (κ2) is 10.5. The van der Waals surface area contributed by atoms with E-state index in [4.69, 9.17) is 14.2 Å². The first-order chi connectivity index (χ1) is 14.9. The Morgan fingerprint density at radius 1 is 1.16 bits per heavy atom. The van der Waals surface area contributed by atoms with Gasteiger partial charge in [-0.05, 0) is 42.9 Å². The van der Waals surface area contributed by atoms with E-state index in [1.165, 1.54) is 7.11 Å². The molecule has 0 aromatic heterocycles. The lowest BCUT2D eigenvalue weighted by molar-refractivity contribution is -0.136. The van der Waals surface area contributed by atoms with Gasteiger partial charge in [-0.15, -0.1) is 0 Å². The number of ether oxygens (including phenoxy) is 3. The highest BCUT2D eigenvalue weighted by Crippen LogP contribution is 2.32. The van der Waals surface area contributed by atoms with Crippen molar-refractivity contribution in [2.45, 2.75) is 32.7 Å². The molecule has 0 radical (unpaired) electrons. The molecule has 0 spiro atoms. The average molecular weight is 434 g/mol. The minimum absolute atomic E-state index is 0.0455. The number of benzene rings is 1. The predicted octanol–water partition coefficient (Wildman–Crippen LogP) is 1.17. The van der Waals surface area contributed by atoms with Gasteiger partial charge >= 0.3 is 0 Å². The van der Waals surface area contributed by atoms with Crippen LogP contribution in [0.25, 0.3) is 0 Å².